The molecule has 2 N–H and O–H groups in total. The van der Waals surface area contributed by atoms with Crippen LogP contribution in [0.15, 0.2) is 65.5 Å². The van der Waals surface area contributed by atoms with Crippen LogP contribution >= 0.6 is 15.9 Å². The third-order valence-electron chi connectivity index (χ3n) is 4.48. The van der Waals surface area contributed by atoms with E-state index in [4.69, 9.17) is 14.2 Å². The molecular formula is C22H20BrN5O3. The lowest BCUT2D eigenvalue weighted by atomic mass is 10.1. The van der Waals surface area contributed by atoms with Gasteiger partial charge in [-0.25, -0.2) is 9.97 Å². The molecule has 0 aliphatic heterocycles. The maximum absolute atomic E-state index is 6.12. The lowest BCUT2D eigenvalue weighted by molar-refractivity contribution is 0.305. The molecule has 0 unspecified atom stereocenters. The van der Waals surface area contributed by atoms with E-state index in [9.17, 15) is 0 Å². The maximum atomic E-state index is 6.12. The van der Waals surface area contributed by atoms with Gasteiger partial charge in [-0.3, -0.25) is 5.10 Å². The predicted octanol–water partition coefficient (Wildman–Crippen LogP) is 4.97. The molecule has 0 radical (unpaired) electrons. The number of H-pyrrole nitrogens is 1. The Balaban J connectivity index is 1.57. The number of nitrogens with one attached hydrogen (secondary N) is 2. The van der Waals surface area contributed by atoms with Crippen LogP contribution in [0.5, 0.6) is 17.2 Å². The van der Waals surface area contributed by atoms with Gasteiger partial charge in [0.25, 0.3) is 0 Å². The highest BCUT2D eigenvalue weighted by Crippen LogP contribution is 2.38. The first-order chi connectivity index (χ1) is 15.2. The molecule has 0 amide bonds. The monoisotopic (exact) mass is 481 g/mol. The van der Waals surface area contributed by atoms with Crippen molar-refractivity contribution in [1.29, 1.82) is 0 Å². The number of benzene rings is 2. The number of ether oxygens (including phenoxy) is 3. The molecule has 158 valence electrons. The van der Waals surface area contributed by atoms with Crippen molar-refractivity contribution in [3.05, 3.63) is 71.1 Å². The number of halogens is 1. The summed E-state index contributed by atoms with van der Waals surface area (Å²) in [6, 6.07) is 15.3. The fourth-order valence-electron chi connectivity index (χ4n) is 2.97. The predicted molar refractivity (Wildman–Crippen MR) is 121 cm³/mol. The zero-order valence-corrected chi connectivity index (χ0v) is 18.5. The van der Waals surface area contributed by atoms with Gasteiger partial charge < -0.3 is 19.5 Å². The standard InChI is InChI=1S/C22H20BrN5O3/c1-29-15-8-6-14(7-9-15)13-31-18-5-3-4-17(30-2)22(18)16-10-20(28-27-16)26-21-12-24-19(23)11-25-21/h3-12H,13H2,1-2H3,(H2,25,26,27,28). The molecular weight excluding hydrogens is 462 g/mol. The zero-order valence-electron chi connectivity index (χ0n) is 16.9. The van der Waals surface area contributed by atoms with Crippen LogP contribution in [0.4, 0.5) is 11.6 Å². The number of aromatic nitrogens is 4. The summed E-state index contributed by atoms with van der Waals surface area (Å²) in [6.07, 6.45) is 3.23. The topological polar surface area (TPSA) is 94.2 Å². The van der Waals surface area contributed by atoms with E-state index in [0.717, 1.165) is 22.6 Å². The van der Waals surface area contributed by atoms with Crippen LogP contribution in [0.3, 0.4) is 0 Å². The number of hydrogen-bond acceptors (Lipinski definition) is 7. The average Bonchev–Trinajstić information content (AvgIpc) is 3.27. The summed E-state index contributed by atoms with van der Waals surface area (Å²) in [6.45, 7) is 0.401. The molecule has 0 atom stereocenters. The van der Waals surface area contributed by atoms with E-state index >= 15 is 0 Å². The Kier molecular flexibility index (Phi) is 6.32. The lowest BCUT2D eigenvalue weighted by Gasteiger charge is -2.14. The summed E-state index contributed by atoms with van der Waals surface area (Å²) in [5.41, 5.74) is 2.55. The molecule has 2 heterocycles. The van der Waals surface area contributed by atoms with Gasteiger partial charge in [0.15, 0.2) is 5.82 Å². The molecule has 0 spiro atoms. The summed E-state index contributed by atoms with van der Waals surface area (Å²) in [7, 11) is 3.27. The third-order valence-corrected chi connectivity index (χ3v) is 4.89. The van der Waals surface area contributed by atoms with Crippen molar-refractivity contribution in [2.24, 2.45) is 0 Å². The van der Waals surface area contributed by atoms with Crippen molar-refractivity contribution in [3.63, 3.8) is 0 Å². The highest BCUT2D eigenvalue weighted by Gasteiger charge is 2.16. The molecule has 31 heavy (non-hydrogen) atoms. The van der Waals surface area contributed by atoms with Crippen molar-refractivity contribution >= 4 is 27.6 Å². The van der Waals surface area contributed by atoms with E-state index in [-0.39, 0.29) is 0 Å². The third kappa shape index (κ3) is 4.95. The highest BCUT2D eigenvalue weighted by atomic mass is 79.9. The van der Waals surface area contributed by atoms with Gasteiger partial charge in [-0.15, -0.1) is 0 Å². The number of aromatic amines is 1. The molecule has 0 saturated carbocycles. The fourth-order valence-corrected chi connectivity index (χ4v) is 3.18. The SMILES string of the molecule is COc1ccc(COc2cccc(OC)c2-c2cc(Nc3cnc(Br)cn3)n[nH]2)cc1. The molecule has 4 rings (SSSR count). The van der Waals surface area contributed by atoms with Crippen LogP contribution in [-0.4, -0.2) is 34.4 Å². The van der Waals surface area contributed by atoms with Gasteiger partial charge in [0, 0.05) is 6.07 Å². The van der Waals surface area contributed by atoms with E-state index in [1.54, 1.807) is 26.6 Å². The fraction of sp³-hybridized carbons (Fsp3) is 0.136. The van der Waals surface area contributed by atoms with Gasteiger partial charge in [-0.1, -0.05) is 18.2 Å². The van der Waals surface area contributed by atoms with E-state index in [2.05, 4.69) is 41.4 Å². The summed E-state index contributed by atoms with van der Waals surface area (Å²) >= 11 is 3.27. The van der Waals surface area contributed by atoms with Crippen LogP contribution in [0.1, 0.15) is 5.56 Å². The van der Waals surface area contributed by atoms with E-state index in [1.165, 1.54) is 0 Å². The zero-order chi connectivity index (χ0) is 21.6. The van der Waals surface area contributed by atoms with Crippen molar-refractivity contribution < 1.29 is 14.2 Å². The maximum Gasteiger partial charge on any atom is 0.153 e. The Labute approximate surface area is 187 Å². The molecule has 0 aliphatic rings. The molecule has 8 nitrogen and oxygen atoms in total. The van der Waals surface area contributed by atoms with Gasteiger partial charge in [-0.2, -0.15) is 5.10 Å². The van der Waals surface area contributed by atoms with Gasteiger partial charge >= 0.3 is 0 Å². The Morgan fingerprint density at radius 3 is 2.45 bits per heavy atom. The quantitative estimate of drug-likeness (QED) is 0.366. The molecule has 0 bridgehead atoms. The molecule has 9 heteroatoms. The van der Waals surface area contributed by atoms with Crippen LogP contribution in [0, 0.1) is 0 Å². The van der Waals surface area contributed by atoms with Gasteiger partial charge in [-0.05, 0) is 45.8 Å². The number of anilines is 2. The van der Waals surface area contributed by atoms with Crippen molar-refractivity contribution in [2.45, 2.75) is 6.61 Å². The highest BCUT2D eigenvalue weighted by molar-refractivity contribution is 9.10. The molecule has 0 aliphatic carbocycles. The molecule has 4 aromatic rings. The average molecular weight is 482 g/mol. The normalized spacial score (nSPS) is 10.5. The number of rotatable bonds is 8. The summed E-state index contributed by atoms with van der Waals surface area (Å²) in [5, 5.41) is 10.5. The summed E-state index contributed by atoms with van der Waals surface area (Å²) in [4.78, 5) is 8.40. The molecule has 2 aromatic heterocycles. The summed E-state index contributed by atoms with van der Waals surface area (Å²) < 4.78 is 17.6. The van der Waals surface area contributed by atoms with Crippen LogP contribution in [0.2, 0.25) is 0 Å². The number of methoxy groups -OCH3 is 2. The second kappa shape index (κ2) is 9.48. The van der Waals surface area contributed by atoms with Crippen LogP contribution in [0.25, 0.3) is 11.3 Å². The number of nitrogens with zero attached hydrogens (tertiary/aromatic N) is 3. The van der Waals surface area contributed by atoms with Gasteiger partial charge in [0.1, 0.15) is 34.3 Å². The van der Waals surface area contributed by atoms with E-state index in [1.807, 2.05) is 48.5 Å². The van der Waals surface area contributed by atoms with Crippen LogP contribution < -0.4 is 19.5 Å². The Morgan fingerprint density at radius 1 is 0.935 bits per heavy atom. The van der Waals surface area contributed by atoms with Gasteiger partial charge in [0.2, 0.25) is 0 Å². The Morgan fingerprint density at radius 2 is 1.74 bits per heavy atom. The molecule has 0 saturated heterocycles. The van der Waals surface area contributed by atoms with E-state index < -0.39 is 0 Å². The molecule has 0 fully saturated rings. The van der Waals surface area contributed by atoms with Crippen molar-refractivity contribution in [2.75, 3.05) is 19.5 Å². The van der Waals surface area contributed by atoms with Gasteiger partial charge in [0.05, 0.1) is 37.9 Å². The minimum absolute atomic E-state index is 0.401. The first-order valence-corrected chi connectivity index (χ1v) is 10.2. The summed E-state index contributed by atoms with van der Waals surface area (Å²) in [5.74, 6) is 3.33. The largest absolute Gasteiger partial charge is 0.497 e. The van der Waals surface area contributed by atoms with Crippen molar-refractivity contribution in [1.82, 2.24) is 20.2 Å². The first kappa shape index (κ1) is 20.7. The van der Waals surface area contributed by atoms with E-state index in [0.29, 0.717) is 34.3 Å². The minimum Gasteiger partial charge on any atom is -0.497 e. The smallest absolute Gasteiger partial charge is 0.153 e. The van der Waals surface area contributed by atoms with Crippen LogP contribution in [-0.2, 0) is 6.61 Å². The second-order valence-electron chi connectivity index (χ2n) is 6.49. The number of hydrogen-bond donors (Lipinski definition) is 2. The Hall–Kier alpha value is -3.59. The second-order valence-corrected chi connectivity index (χ2v) is 7.30. The minimum atomic E-state index is 0.401. The van der Waals surface area contributed by atoms with Crippen molar-refractivity contribution in [3.8, 4) is 28.5 Å². The molecule has 2 aromatic carbocycles. The Bertz CT molecular complexity index is 1150. The first-order valence-electron chi connectivity index (χ1n) is 9.39. The lowest BCUT2D eigenvalue weighted by Crippen LogP contribution is -1.99.